The molecule has 1 N–H and O–H groups in total. The molecule has 1 aliphatic rings. The van der Waals surface area contributed by atoms with Gasteiger partial charge in [0, 0.05) is 11.7 Å². The number of hydrogen-bond donors (Lipinski definition) is 0. The summed E-state index contributed by atoms with van der Waals surface area (Å²) in [5, 5.41) is 0. The number of sulfonamides is 1. The molecule has 4 nitrogen and oxygen atoms in total. The van der Waals surface area contributed by atoms with Crippen LogP contribution < -0.4 is 0 Å². The topological polar surface area (TPSA) is 72.0 Å². The van der Waals surface area contributed by atoms with Crippen LogP contribution in [-0.4, -0.2) is 14.2 Å². The zero-order valence-corrected chi connectivity index (χ0v) is 23.0. The number of hydrogen-bond acceptors (Lipinski definition) is 2. The van der Waals surface area contributed by atoms with Crippen molar-refractivity contribution in [2.75, 3.05) is 5.75 Å². The van der Waals surface area contributed by atoms with E-state index in [1.807, 2.05) is 127 Å². The van der Waals surface area contributed by atoms with Crippen molar-refractivity contribution in [3.05, 3.63) is 149 Å². The zero-order valence-electron chi connectivity index (χ0n) is 19.7. The molecule has 0 saturated heterocycles. The molecule has 0 bridgehead atoms. The van der Waals surface area contributed by atoms with E-state index in [2.05, 4.69) is 14.4 Å². The van der Waals surface area contributed by atoms with Crippen molar-refractivity contribution in [3.8, 4) is 11.1 Å². The van der Waals surface area contributed by atoms with Gasteiger partial charge in [-0.15, -0.1) is 12.1 Å². The molecule has 0 aliphatic heterocycles. The van der Waals surface area contributed by atoms with E-state index in [4.69, 9.17) is 5.73 Å². The van der Waals surface area contributed by atoms with Crippen LogP contribution in [0.1, 0.15) is 40.3 Å². The van der Waals surface area contributed by atoms with Crippen molar-refractivity contribution >= 4 is 19.7 Å². The largest absolute Gasteiger partial charge is 0.672 e. The summed E-state index contributed by atoms with van der Waals surface area (Å²) in [4.78, 5) is 0. The normalized spacial score (nSPS) is 13.8. The molecule has 4 aromatic rings. The minimum absolute atomic E-state index is 0. The number of benzene rings is 4. The van der Waals surface area contributed by atoms with Crippen molar-refractivity contribution in [1.29, 1.82) is 0 Å². The van der Waals surface area contributed by atoms with Crippen LogP contribution in [0.5, 0.6) is 0 Å². The maximum atomic E-state index is 13.5. The summed E-state index contributed by atoms with van der Waals surface area (Å²) in [6.45, 7) is 0. The SMILES string of the molecule is [CH3-].[Cl][Ru+3].[NH-]C(c1ccccc1)C([N-]S(=O)(=O)CC1c2ccccc2-c2ccccc21)c1ccccc1. The van der Waals surface area contributed by atoms with E-state index in [1.165, 1.54) is 0 Å². The van der Waals surface area contributed by atoms with Crippen molar-refractivity contribution < 1.29 is 25.7 Å². The summed E-state index contributed by atoms with van der Waals surface area (Å²) in [6.07, 6.45) is 0. The van der Waals surface area contributed by atoms with Crippen LogP contribution in [0.2, 0.25) is 0 Å². The molecule has 0 saturated carbocycles. The molecule has 36 heavy (non-hydrogen) atoms. The molecule has 2 unspecified atom stereocenters. The second-order valence-corrected chi connectivity index (χ2v) is 10.0. The average Bonchev–Trinajstić information content (AvgIpc) is 3.22. The van der Waals surface area contributed by atoms with Crippen molar-refractivity contribution in [2.24, 2.45) is 0 Å². The van der Waals surface area contributed by atoms with Gasteiger partial charge in [-0.3, -0.25) is 0 Å². The molecular formula is C29H27ClN2O2RuS. The van der Waals surface area contributed by atoms with Gasteiger partial charge in [-0.25, -0.2) is 8.42 Å². The summed E-state index contributed by atoms with van der Waals surface area (Å²) in [6, 6.07) is 32.9. The van der Waals surface area contributed by atoms with Gasteiger partial charge in [-0.05, 0) is 22.3 Å². The number of fused-ring (bicyclic) bond motifs is 3. The Morgan fingerprint density at radius 2 is 1.14 bits per heavy atom. The van der Waals surface area contributed by atoms with Crippen LogP contribution in [-0.2, 0) is 27.3 Å². The average molecular weight is 604 g/mol. The van der Waals surface area contributed by atoms with Crippen LogP contribution in [0.25, 0.3) is 21.6 Å². The molecule has 0 aromatic heterocycles. The minimum Gasteiger partial charge on any atom is -0.672 e. The molecule has 186 valence electrons. The number of halogens is 1. The standard InChI is InChI=1S/C28H24N2O2S.CH3.ClH.Ru/c29-27(20-11-3-1-4-12-20)28(21-13-5-2-6-14-21)30-33(31,32)19-26-24-17-9-7-15-22(24)23-16-8-10-18-25(23)26;;;/h1-18,26-29H,19H2;1H3;1H;/q-2;-1;;+4/p-1. The number of nitrogens with zero attached hydrogens (tertiary/aromatic N) is 1. The summed E-state index contributed by atoms with van der Waals surface area (Å²) in [5.74, 6) is -0.394. The predicted octanol–water partition coefficient (Wildman–Crippen LogP) is 8.17. The van der Waals surface area contributed by atoms with E-state index >= 15 is 0 Å². The van der Waals surface area contributed by atoms with Gasteiger partial charge >= 0.3 is 27.0 Å². The summed E-state index contributed by atoms with van der Waals surface area (Å²) < 4.78 is 31.3. The Morgan fingerprint density at radius 1 is 0.722 bits per heavy atom. The Kier molecular flexibility index (Phi) is 10.0. The molecule has 1 aliphatic carbocycles. The van der Waals surface area contributed by atoms with Gasteiger partial charge in [-0.2, -0.15) is 0 Å². The fourth-order valence-electron chi connectivity index (χ4n) is 4.67. The van der Waals surface area contributed by atoms with Crippen LogP contribution in [0.4, 0.5) is 0 Å². The summed E-state index contributed by atoms with van der Waals surface area (Å²) in [7, 11) is 0.723. The summed E-state index contributed by atoms with van der Waals surface area (Å²) in [5.41, 5.74) is 14.5. The minimum atomic E-state index is -3.85. The second-order valence-electron chi connectivity index (χ2n) is 8.32. The second kappa shape index (κ2) is 12.8. The third kappa shape index (κ3) is 6.13. The molecule has 7 heteroatoms. The van der Waals surface area contributed by atoms with Gasteiger partial charge in [0.15, 0.2) is 0 Å². The van der Waals surface area contributed by atoms with Gasteiger partial charge in [0.25, 0.3) is 0 Å². The molecule has 4 aromatic carbocycles. The molecule has 0 heterocycles. The maximum Gasteiger partial charge on any atom is 0.0734 e. The molecular weight excluding hydrogens is 577 g/mol. The van der Waals surface area contributed by atoms with Gasteiger partial charge in [0.1, 0.15) is 0 Å². The molecule has 0 radical (unpaired) electrons. The molecule has 5 rings (SSSR count). The fraction of sp³-hybridized carbons (Fsp3) is 0.138. The Hall–Kier alpha value is -2.34. The van der Waals surface area contributed by atoms with E-state index in [9.17, 15) is 8.42 Å². The maximum absolute atomic E-state index is 13.5. The Balaban J connectivity index is 0.00000117. The fourth-order valence-corrected chi connectivity index (χ4v) is 6.13. The smallest absolute Gasteiger partial charge is 0.0734 e. The molecule has 0 fully saturated rings. The van der Waals surface area contributed by atoms with Crippen LogP contribution in [0.15, 0.2) is 109 Å². The van der Waals surface area contributed by atoms with Crippen LogP contribution >= 0.6 is 9.69 Å². The first-order valence-corrected chi connectivity index (χ1v) is 15.0. The van der Waals surface area contributed by atoms with E-state index in [0.717, 1.165) is 33.4 Å². The first-order chi connectivity index (χ1) is 17.0. The third-order valence-corrected chi connectivity index (χ3v) is 7.53. The summed E-state index contributed by atoms with van der Waals surface area (Å²) >= 11 is 1.82. The zero-order chi connectivity index (χ0) is 24.8. The number of rotatable bonds is 7. The van der Waals surface area contributed by atoms with Crippen LogP contribution in [0, 0.1) is 7.43 Å². The third-order valence-electron chi connectivity index (χ3n) is 6.23. The van der Waals surface area contributed by atoms with Crippen molar-refractivity contribution in [1.82, 2.24) is 0 Å². The number of nitrogens with one attached hydrogen (secondary N) is 1. The quantitative estimate of drug-likeness (QED) is 0.158. The van der Waals surface area contributed by atoms with Gasteiger partial charge < -0.3 is 17.9 Å². The van der Waals surface area contributed by atoms with Crippen molar-refractivity contribution in [3.63, 3.8) is 0 Å². The van der Waals surface area contributed by atoms with E-state index < -0.39 is 22.1 Å². The molecule has 2 atom stereocenters. The van der Waals surface area contributed by atoms with E-state index in [0.29, 0.717) is 0 Å². The van der Waals surface area contributed by atoms with Gasteiger partial charge in [0.2, 0.25) is 0 Å². The van der Waals surface area contributed by atoms with E-state index in [1.54, 1.807) is 0 Å². The van der Waals surface area contributed by atoms with Gasteiger partial charge in [0.05, 0.1) is 10.0 Å². The Bertz CT molecular complexity index is 1320. The first kappa shape index (κ1) is 28.2. The molecule has 0 spiro atoms. The first-order valence-electron chi connectivity index (χ1n) is 11.1. The monoisotopic (exact) mass is 604 g/mol. The van der Waals surface area contributed by atoms with E-state index in [-0.39, 0.29) is 19.1 Å². The molecule has 0 amide bonds. The Labute approximate surface area is 228 Å². The Morgan fingerprint density at radius 3 is 1.64 bits per heavy atom. The van der Waals surface area contributed by atoms with Crippen molar-refractivity contribution in [2.45, 2.75) is 18.0 Å². The predicted molar refractivity (Wildman–Crippen MR) is 146 cm³/mol. The van der Waals surface area contributed by atoms with Crippen LogP contribution in [0.3, 0.4) is 0 Å². The van der Waals surface area contributed by atoms with Gasteiger partial charge in [-0.1, -0.05) is 120 Å².